The smallest absolute Gasteiger partial charge is 0.0702 e. The maximum atomic E-state index is 5.88. The molecule has 1 N–H and O–H groups in total. The number of piperazine rings is 1. The highest BCUT2D eigenvalue weighted by Crippen LogP contribution is 2.19. The van der Waals surface area contributed by atoms with Gasteiger partial charge in [-0.2, -0.15) is 0 Å². The highest BCUT2D eigenvalue weighted by Gasteiger charge is 2.30. The summed E-state index contributed by atoms with van der Waals surface area (Å²) in [6.07, 6.45) is 4.33. The van der Waals surface area contributed by atoms with Gasteiger partial charge in [0.25, 0.3) is 0 Å². The molecule has 2 fully saturated rings. The van der Waals surface area contributed by atoms with Crippen LogP contribution in [0, 0.1) is 5.92 Å². The zero-order valence-electron chi connectivity index (χ0n) is 11.6. The molecule has 0 saturated carbocycles. The van der Waals surface area contributed by atoms with E-state index in [9.17, 15) is 0 Å². The van der Waals surface area contributed by atoms with Crippen LogP contribution in [0.4, 0.5) is 0 Å². The normalized spacial score (nSPS) is 36.4. The third kappa shape index (κ3) is 3.67. The SMILES string of the molecule is CC1CN(CC2CCCCO2)C(C(C)C)CN1. The minimum atomic E-state index is 0.482. The highest BCUT2D eigenvalue weighted by molar-refractivity contribution is 4.87. The van der Waals surface area contributed by atoms with Crippen molar-refractivity contribution >= 4 is 0 Å². The molecule has 3 atom stereocenters. The van der Waals surface area contributed by atoms with Crippen LogP contribution in [0.1, 0.15) is 40.0 Å². The van der Waals surface area contributed by atoms with Gasteiger partial charge < -0.3 is 10.1 Å². The van der Waals surface area contributed by atoms with E-state index in [1.165, 1.54) is 25.8 Å². The van der Waals surface area contributed by atoms with E-state index in [0.717, 1.165) is 25.6 Å². The molecule has 0 aliphatic carbocycles. The molecule has 17 heavy (non-hydrogen) atoms. The zero-order valence-corrected chi connectivity index (χ0v) is 11.6. The van der Waals surface area contributed by atoms with E-state index in [2.05, 4.69) is 31.0 Å². The molecule has 0 aromatic rings. The summed E-state index contributed by atoms with van der Waals surface area (Å²) in [5, 5.41) is 3.60. The van der Waals surface area contributed by atoms with Crippen molar-refractivity contribution in [3.8, 4) is 0 Å². The van der Waals surface area contributed by atoms with Crippen molar-refractivity contribution in [1.82, 2.24) is 10.2 Å². The Hall–Kier alpha value is -0.120. The summed E-state index contributed by atoms with van der Waals surface area (Å²) in [6, 6.07) is 1.30. The first kappa shape index (κ1) is 13.3. The fourth-order valence-electron chi connectivity index (χ4n) is 3.08. The molecule has 2 rings (SSSR count). The van der Waals surface area contributed by atoms with Crippen LogP contribution in [0.2, 0.25) is 0 Å². The molecule has 2 aliphatic rings. The van der Waals surface area contributed by atoms with Gasteiger partial charge in [-0.05, 0) is 32.1 Å². The summed E-state index contributed by atoms with van der Waals surface area (Å²) in [7, 11) is 0. The van der Waals surface area contributed by atoms with Gasteiger partial charge in [0.2, 0.25) is 0 Å². The third-order valence-electron chi connectivity index (χ3n) is 4.13. The summed E-state index contributed by atoms with van der Waals surface area (Å²) in [5.74, 6) is 0.721. The Kier molecular flexibility index (Phi) is 4.83. The molecular weight excluding hydrogens is 212 g/mol. The van der Waals surface area contributed by atoms with Crippen LogP contribution in [0.5, 0.6) is 0 Å². The van der Waals surface area contributed by atoms with Crippen molar-refractivity contribution in [3.63, 3.8) is 0 Å². The Morgan fingerprint density at radius 1 is 1.35 bits per heavy atom. The summed E-state index contributed by atoms with van der Waals surface area (Å²) in [5.41, 5.74) is 0. The molecule has 2 aliphatic heterocycles. The summed E-state index contributed by atoms with van der Waals surface area (Å²) in [4.78, 5) is 2.65. The monoisotopic (exact) mass is 240 g/mol. The minimum absolute atomic E-state index is 0.482. The van der Waals surface area contributed by atoms with E-state index >= 15 is 0 Å². The number of hydrogen-bond acceptors (Lipinski definition) is 3. The predicted octanol–water partition coefficient (Wildman–Crippen LogP) is 1.87. The fraction of sp³-hybridized carbons (Fsp3) is 1.00. The second-order valence-corrected chi connectivity index (χ2v) is 6.06. The second kappa shape index (κ2) is 6.17. The Labute approximate surface area is 106 Å². The molecular formula is C14H28N2O. The quantitative estimate of drug-likeness (QED) is 0.815. The minimum Gasteiger partial charge on any atom is -0.377 e. The van der Waals surface area contributed by atoms with E-state index in [-0.39, 0.29) is 0 Å². The van der Waals surface area contributed by atoms with Crippen LogP contribution in [-0.2, 0) is 4.74 Å². The number of nitrogens with one attached hydrogen (secondary N) is 1. The van der Waals surface area contributed by atoms with E-state index < -0.39 is 0 Å². The molecule has 0 radical (unpaired) electrons. The van der Waals surface area contributed by atoms with Crippen molar-refractivity contribution in [2.75, 3.05) is 26.2 Å². The Morgan fingerprint density at radius 2 is 2.18 bits per heavy atom. The number of ether oxygens (including phenoxy) is 1. The van der Waals surface area contributed by atoms with Gasteiger partial charge in [-0.15, -0.1) is 0 Å². The molecule has 0 aromatic heterocycles. The van der Waals surface area contributed by atoms with Crippen molar-refractivity contribution in [3.05, 3.63) is 0 Å². The summed E-state index contributed by atoms with van der Waals surface area (Å²) >= 11 is 0. The molecule has 3 heteroatoms. The van der Waals surface area contributed by atoms with Gasteiger partial charge in [-0.3, -0.25) is 4.90 Å². The van der Waals surface area contributed by atoms with Crippen molar-refractivity contribution in [2.24, 2.45) is 5.92 Å². The molecule has 0 spiro atoms. The fourth-order valence-corrected chi connectivity index (χ4v) is 3.08. The standard InChI is InChI=1S/C14H28N2O/c1-11(2)14-8-15-12(3)9-16(14)10-13-6-4-5-7-17-13/h11-15H,4-10H2,1-3H3. The molecule has 0 bridgehead atoms. The Balaban J connectivity index is 1.89. The van der Waals surface area contributed by atoms with Crippen LogP contribution in [0.25, 0.3) is 0 Å². The second-order valence-electron chi connectivity index (χ2n) is 6.06. The molecule has 100 valence electrons. The molecule has 0 aromatic carbocycles. The first-order valence-electron chi connectivity index (χ1n) is 7.26. The lowest BCUT2D eigenvalue weighted by atomic mass is 9.97. The Morgan fingerprint density at radius 3 is 2.82 bits per heavy atom. The van der Waals surface area contributed by atoms with E-state index in [4.69, 9.17) is 4.74 Å². The van der Waals surface area contributed by atoms with E-state index in [1.807, 2.05) is 0 Å². The topological polar surface area (TPSA) is 24.5 Å². The number of rotatable bonds is 3. The lowest BCUT2D eigenvalue weighted by Gasteiger charge is -2.43. The van der Waals surface area contributed by atoms with Crippen molar-refractivity contribution < 1.29 is 4.74 Å². The first-order chi connectivity index (χ1) is 8.16. The summed E-state index contributed by atoms with van der Waals surface area (Å²) in [6.45, 7) is 11.3. The lowest BCUT2D eigenvalue weighted by Crippen LogP contribution is -2.59. The molecule has 2 saturated heterocycles. The van der Waals surface area contributed by atoms with Gasteiger partial charge in [0.15, 0.2) is 0 Å². The van der Waals surface area contributed by atoms with Crippen LogP contribution >= 0.6 is 0 Å². The van der Waals surface area contributed by atoms with Gasteiger partial charge in [-0.25, -0.2) is 0 Å². The van der Waals surface area contributed by atoms with Gasteiger partial charge >= 0.3 is 0 Å². The average molecular weight is 240 g/mol. The lowest BCUT2D eigenvalue weighted by molar-refractivity contribution is -0.0259. The van der Waals surface area contributed by atoms with Gasteiger partial charge in [0, 0.05) is 38.3 Å². The van der Waals surface area contributed by atoms with Gasteiger partial charge in [0.05, 0.1) is 6.10 Å². The predicted molar refractivity (Wildman–Crippen MR) is 71.3 cm³/mol. The maximum Gasteiger partial charge on any atom is 0.0702 e. The first-order valence-corrected chi connectivity index (χ1v) is 7.26. The third-order valence-corrected chi connectivity index (χ3v) is 4.13. The van der Waals surface area contributed by atoms with Crippen molar-refractivity contribution in [1.29, 1.82) is 0 Å². The number of nitrogens with zero attached hydrogens (tertiary/aromatic N) is 1. The molecule has 0 amide bonds. The Bertz CT molecular complexity index is 226. The van der Waals surface area contributed by atoms with Gasteiger partial charge in [-0.1, -0.05) is 13.8 Å². The maximum absolute atomic E-state index is 5.88. The van der Waals surface area contributed by atoms with Crippen LogP contribution < -0.4 is 5.32 Å². The molecule has 3 unspecified atom stereocenters. The number of hydrogen-bond donors (Lipinski definition) is 1. The van der Waals surface area contributed by atoms with Crippen molar-refractivity contribution in [2.45, 2.75) is 58.2 Å². The molecule has 3 nitrogen and oxygen atoms in total. The van der Waals surface area contributed by atoms with Gasteiger partial charge in [0.1, 0.15) is 0 Å². The van der Waals surface area contributed by atoms with Crippen LogP contribution in [0.3, 0.4) is 0 Å². The average Bonchev–Trinajstić information content (AvgIpc) is 2.30. The van der Waals surface area contributed by atoms with Crippen LogP contribution in [0.15, 0.2) is 0 Å². The van der Waals surface area contributed by atoms with E-state index in [1.54, 1.807) is 0 Å². The summed E-state index contributed by atoms with van der Waals surface area (Å²) < 4.78 is 5.88. The largest absolute Gasteiger partial charge is 0.377 e. The van der Waals surface area contributed by atoms with Crippen LogP contribution in [-0.4, -0.2) is 49.3 Å². The zero-order chi connectivity index (χ0) is 12.3. The van der Waals surface area contributed by atoms with E-state index in [0.29, 0.717) is 18.2 Å². The molecule has 2 heterocycles. The highest BCUT2D eigenvalue weighted by atomic mass is 16.5.